The monoisotopic (exact) mass is 381 g/mol. The average Bonchev–Trinajstić information content (AvgIpc) is 2.55. The number of amides is 3. The molecule has 0 radical (unpaired) electrons. The van der Waals surface area contributed by atoms with E-state index < -0.39 is 18.3 Å². The van der Waals surface area contributed by atoms with E-state index in [1.807, 2.05) is 0 Å². The first kappa shape index (κ1) is 20.2. The van der Waals surface area contributed by atoms with Gasteiger partial charge in [0.05, 0.1) is 6.54 Å². The fraction of sp³-hybridized carbons (Fsp3) is 0.222. The molecule has 0 bridgehead atoms. The van der Waals surface area contributed by atoms with Crippen LogP contribution >= 0.6 is 0 Å². The third kappa shape index (κ3) is 7.37. The van der Waals surface area contributed by atoms with Crippen molar-refractivity contribution < 1.29 is 27.5 Å². The zero-order chi connectivity index (χ0) is 19.9. The van der Waals surface area contributed by atoms with Crippen molar-refractivity contribution in [1.29, 1.82) is 0 Å². The van der Waals surface area contributed by atoms with Gasteiger partial charge in [0.2, 0.25) is 5.91 Å². The van der Waals surface area contributed by atoms with Gasteiger partial charge in [0.15, 0.2) is 0 Å². The number of para-hydroxylation sites is 2. The molecule has 144 valence electrons. The summed E-state index contributed by atoms with van der Waals surface area (Å²) >= 11 is 0. The maximum Gasteiger partial charge on any atom is 0.573 e. The van der Waals surface area contributed by atoms with E-state index in [1.54, 1.807) is 43.4 Å². The van der Waals surface area contributed by atoms with E-state index in [2.05, 4.69) is 15.4 Å². The highest BCUT2D eigenvalue weighted by molar-refractivity contribution is 6.01. The lowest BCUT2D eigenvalue weighted by molar-refractivity contribution is -0.275. The van der Waals surface area contributed by atoms with Crippen molar-refractivity contribution in [1.82, 2.24) is 10.2 Å². The number of nitrogens with zero attached hydrogens (tertiary/aromatic N) is 1. The Morgan fingerprint density at radius 3 is 2.33 bits per heavy atom. The Bertz CT molecular complexity index is 782. The van der Waals surface area contributed by atoms with Crippen LogP contribution in [0, 0.1) is 0 Å². The molecule has 2 aromatic carbocycles. The molecule has 0 aliphatic carbocycles. The normalized spacial score (nSPS) is 11.1. The van der Waals surface area contributed by atoms with Gasteiger partial charge in [0, 0.05) is 17.8 Å². The number of hydrogen-bond donors (Lipinski definition) is 2. The van der Waals surface area contributed by atoms with Gasteiger partial charge in [-0.15, -0.1) is 13.2 Å². The van der Waals surface area contributed by atoms with Crippen LogP contribution in [0.1, 0.15) is 5.56 Å². The molecule has 0 saturated carbocycles. The summed E-state index contributed by atoms with van der Waals surface area (Å²) in [4.78, 5) is 25.2. The molecule has 0 aromatic heterocycles. The summed E-state index contributed by atoms with van der Waals surface area (Å²) in [6.45, 7) is -0.164. The molecule has 9 heteroatoms. The molecule has 6 nitrogen and oxygen atoms in total. The Kier molecular flexibility index (Phi) is 6.78. The summed E-state index contributed by atoms with van der Waals surface area (Å²) in [5, 5.41) is 4.65. The molecule has 0 aliphatic heterocycles. The smallest absolute Gasteiger partial charge is 0.405 e. The second-order valence-corrected chi connectivity index (χ2v) is 5.70. The van der Waals surface area contributed by atoms with Crippen LogP contribution in [0.3, 0.4) is 0 Å². The highest BCUT2D eigenvalue weighted by Gasteiger charge is 2.32. The van der Waals surface area contributed by atoms with Crippen molar-refractivity contribution in [2.24, 2.45) is 0 Å². The molecule has 0 spiro atoms. The van der Waals surface area contributed by atoms with E-state index >= 15 is 0 Å². The number of rotatable bonds is 6. The lowest BCUT2D eigenvalue weighted by Gasteiger charge is -2.19. The van der Waals surface area contributed by atoms with Gasteiger partial charge >= 0.3 is 12.4 Å². The second kappa shape index (κ2) is 9.04. The Morgan fingerprint density at radius 2 is 1.67 bits per heavy atom. The van der Waals surface area contributed by atoms with Crippen molar-refractivity contribution in [3.05, 3.63) is 60.2 Å². The Morgan fingerprint density at radius 1 is 1.04 bits per heavy atom. The van der Waals surface area contributed by atoms with E-state index in [1.165, 1.54) is 23.1 Å². The predicted molar refractivity (Wildman–Crippen MR) is 93.1 cm³/mol. The Labute approximate surface area is 153 Å². The molecule has 27 heavy (non-hydrogen) atoms. The number of nitrogens with one attached hydrogen (secondary N) is 2. The number of ether oxygens (including phenoxy) is 1. The van der Waals surface area contributed by atoms with Gasteiger partial charge in [0.1, 0.15) is 5.75 Å². The predicted octanol–water partition coefficient (Wildman–Crippen LogP) is 3.37. The number of likely N-dealkylation sites (N-methyl/N-ethyl adjacent to an activating group) is 1. The minimum atomic E-state index is -4.80. The summed E-state index contributed by atoms with van der Waals surface area (Å²) in [5.41, 5.74) is 0.785. The maximum atomic E-state index is 12.4. The zero-order valence-electron chi connectivity index (χ0n) is 14.4. The minimum Gasteiger partial charge on any atom is -0.405 e. The minimum absolute atomic E-state index is 0.0278. The molecule has 2 rings (SSSR count). The van der Waals surface area contributed by atoms with Crippen LogP contribution in [0.2, 0.25) is 0 Å². The topological polar surface area (TPSA) is 70.7 Å². The van der Waals surface area contributed by atoms with Crippen LogP contribution in [0.4, 0.5) is 23.7 Å². The number of urea groups is 1. The lowest BCUT2D eigenvalue weighted by atomic mass is 10.2. The largest absolute Gasteiger partial charge is 0.573 e. The maximum absolute atomic E-state index is 12.4. The van der Waals surface area contributed by atoms with Gasteiger partial charge in [-0.1, -0.05) is 36.4 Å². The molecule has 3 amide bonds. The van der Waals surface area contributed by atoms with E-state index in [9.17, 15) is 22.8 Å². The fourth-order valence-corrected chi connectivity index (χ4v) is 2.30. The van der Waals surface area contributed by atoms with E-state index in [-0.39, 0.29) is 24.4 Å². The Balaban J connectivity index is 1.87. The van der Waals surface area contributed by atoms with E-state index in [0.29, 0.717) is 5.69 Å². The lowest BCUT2D eigenvalue weighted by Crippen LogP contribution is -2.40. The van der Waals surface area contributed by atoms with Crippen molar-refractivity contribution in [2.75, 3.05) is 18.9 Å². The first-order chi connectivity index (χ1) is 12.7. The zero-order valence-corrected chi connectivity index (χ0v) is 14.4. The van der Waals surface area contributed by atoms with Crippen LogP contribution in [0.15, 0.2) is 54.6 Å². The van der Waals surface area contributed by atoms with Crippen molar-refractivity contribution in [2.45, 2.75) is 12.9 Å². The molecule has 0 heterocycles. The number of hydrogen-bond acceptors (Lipinski definition) is 4. The number of alkyl halides is 3. The summed E-state index contributed by atoms with van der Waals surface area (Å²) in [5.74, 6) is -0.931. The third-order valence-corrected chi connectivity index (χ3v) is 3.34. The molecule has 0 fully saturated rings. The van der Waals surface area contributed by atoms with E-state index in [0.717, 1.165) is 0 Å². The van der Waals surface area contributed by atoms with Gasteiger partial charge in [-0.25, -0.2) is 4.79 Å². The number of imide groups is 1. The summed E-state index contributed by atoms with van der Waals surface area (Å²) in [7, 11) is 1.54. The van der Waals surface area contributed by atoms with Crippen LogP contribution in [0.5, 0.6) is 5.75 Å². The van der Waals surface area contributed by atoms with Crippen molar-refractivity contribution in [3.63, 3.8) is 0 Å². The number of anilines is 1. The highest BCUT2D eigenvalue weighted by Crippen LogP contribution is 2.26. The third-order valence-electron chi connectivity index (χ3n) is 3.34. The van der Waals surface area contributed by atoms with Crippen LogP contribution in [-0.4, -0.2) is 36.8 Å². The number of benzene rings is 2. The fourth-order valence-electron chi connectivity index (χ4n) is 2.30. The summed E-state index contributed by atoms with van der Waals surface area (Å²) in [6.07, 6.45) is -4.80. The number of halogens is 3. The Hall–Kier alpha value is -3.07. The quantitative estimate of drug-likeness (QED) is 0.805. The standard InChI is InChI=1S/C18H18F3N3O3/c1-24(11-13-7-5-6-10-15(13)27-18(19,20)21)12-16(25)23-17(26)22-14-8-3-2-4-9-14/h2-10H,11-12H2,1H3,(H2,22,23,25,26). The molecule has 0 unspecified atom stereocenters. The van der Waals surface area contributed by atoms with Gasteiger partial charge in [-0.05, 0) is 25.2 Å². The van der Waals surface area contributed by atoms with Gasteiger partial charge < -0.3 is 10.1 Å². The number of carbonyl (C=O) groups is 2. The molecular formula is C18H18F3N3O3. The molecule has 0 aliphatic rings. The highest BCUT2D eigenvalue weighted by atomic mass is 19.4. The van der Waals surface area contributed by atoms with E-state index in [4.69, 9.17) is 0 Å². The van der Waals surface area contributed by atoms with Crippen LogP contribution in [0.25, 0.3) is 0 Å². The first-order valence-electron chi connectivity index (χ1n) is 7.91. The SMILES string of the molecule is CN(CC(=O)NC(=O)Nc1ccccc1)Cc1ccccc1OC(F)(F)F. The molecular weight excluding hydrogens is 363 g/mol. The second-order valence-electron chi connectivity index (χ2n) is 5.70. The van der Waals surface area contributed by atoms with Gasteiger partial charge in [0.25, 0.3) is 0 Å². The van der Waals surface area contributed by atoms with Crippen molar-refractivity contribution in [3.8, 4) is 5.75 Å². The molecule has 0 atom stereocenters. The molecule has 2 N–H and O–H groups in total. The number of carbonyl (C=O) groups excluding carboxylic acids is 2. The van der Waals surface area contributed by atoms with Crippen LogP contribution < -0.4 is 15.4 Å². The average molecular weight is 381 g/mol. The van der Waals surface area contributed by atoms with Crippen molar-refractivity contribution >= 4 is 17.6 Å². The molecule has 0 saturated heterocycles. The first-order valence-corrected chi connectivity index (χ1v) is 7.91. The van der Waals surface area contributed by atoms with Gasteiger partial charge in [-0.3, -0.25) is 15.0 Å². The molecule has 2 aromatic rings. The summed E-state index contributed by atoms with van der Waals surface area (Å²) in [6, 6.07) is 13.5. The van der Waals surface area contributed by atoms with Gasteiger partial charge in [-0.2, -0.15) is 0 Å². The van der Waals surface area contributed by atoms with Crippen LogP contribution in [-0.2, 0) is 11.3 Å². The summed E-state index contributed by atoms with van der Waals surface area (Å²) < 4.78 is 41.3.